The predicted molar refractivity (Wildman–Crippen MR) is 228 cm³/mol. The Labute approximate surface area is 328 Å². The molecule has 290 valence electrons. The maximum absolute atomic E-state index is 6.22. The summed E-state index contributed by atoms with van der Waals surface area (Å²) < 4.78 is 14.5. The molecule has 5 heteroatoms. The van der Waals surface area contributed by atoms with Crippen LogP contribution in [0.15, 0.2) is 7.57 Å². The van der Waals surface area contributed by atoms with Crippen LogP contribution in [-0.4, -0.2) is 13.2 Å². The van der Waals surface area contributed by atoms with Crippen molar-refractivity contribution in [2.75, 3.05) is 13.2 Å². The Morgan fingerprint density at radius 2 is 0.490 bits per heavy atom. The molecule has 0 N–H and O–H groups in total. The van der Waals surface area contributed by atoms with Crippen LogP contribution >= 0.6 is 43.2 Å². The summed E-state index contributed by atoms with van der Waals surface area (Å²) in [5, 5.41) is 0. The van der Waals surface area contributed by atoms with Gasteiger partial charge in [-0.2, -0.15) is 0 Å². The maximum Gasteiger partial charge on any atom is 0.187 e. The van der Waals surface area contributed by atoms with Crippen LogP contribution in [0.5, 0.6) is 11.5 Å². The van der Waals surface area contributed by atoms with Gasteiger partial charge in [0, 0.05) is 0 Å². The Kier molecular flexibility index (Phi) is 36.7. The molecule has 0 radical (unpaired) electrons. The van der Waals surface area contributed by atoms with Crippen molar-refractivity contribution in [3.8, 4) is 11.5 Å². The normalized spacial score (nSPS) is 11.5. The van der Waals surface area contributed by atoms with E-state index in [0.717, 1.165) is 45.1 Å². The Hall–Kier alpha value is 0.260. The number of hydrogen-bond acceptors (Lipinski definition) is 3. The highest BCUT2D eigenvalue weighted by molar-refractivity contribution is 9.12. The molecule has 0 fully saturated rings. The Balaban J connectivity index is 1.90. The van der Waals surface area contributed by atoms with E-state index in [4.69, 9.17) is 9.47 Å². The van der Waals surface area contributed by atoms with Crippen LogP contribution in [0.4, 0.5) is 0 Å². The first kappa shape index (κ1) is 47.3. The summed E-state index contributed by atoms with van der Waals surface area (Å²) in [5.74, 6) is 1.79. The van der Waals surface area contributed by atoms with E-state index in [2.05, 4.69) is 45.7 Å². The van der Waals surface area contributed by atoms with Crippen LogP contribution < -0.4 is 9.47 Å². The SMILES string of the molecule is CCCCCCCCCCCCCCCCCCCCOc1c(Br)sc(Br)c1OCCCCCCCCCCCCCCCCCCCC. The van der Waals surface area contributed by atoms with Crippen LogP contribution in [0, 0.1) is 0 Å². The number of thiophene rings is 1. The fraction of sp³-hybridized carbons (Fsp3) is 0.909. The van der Waals surface area contributed by atoms with Crippen molar-refractivity contribution in [1.29, 1.82) is 0 Å². The van der Waals surface area contributed by atoms with Crippen molar-refractivity contribution in [2.24, 2.45) is 0 Å². The van der Waals surface area contributed by atoms with Crippen molar-refractivity contribution < 1.29 is 9.47 Å². The average Bonchev–Trinajstić information content (AvgIpc) is 3.37. The second-order valence-corrected chi connectivity index (χ2v) is 18.7. The number of ether oxygens (including phenoxy) is 2. The van der Waals surface area contributed by atoms with E-state index in [0.29, 0.717) is 0 Å². The number of unbranched alkanes of at least 4 members (excludes halogenated alkanes) is 34. The van der Waals surface area contributed by atoms with Crippen molar-refractivity contribution in [3.63, 3.8) is 0 Å². The summed E-state index contributed by atoms with van der Waals surface area (Å²) >= 11 is 9.07. The molecule has 2 nitrogen and oxygen atoms in total. The summed E-state index contributed by atoms with van der Waals surface area (Å²) in [5.41, 5.74) is 0. The van der Waals surface area contributed by atoms with Gasteiger partial charge in [0.1, 0.15) is 7.57 Å². The third-order valence-corrected chi connectivity index (χ3v) is 12.7. The van der Waals surface area contributed by atoms with Crippen molar-refractivity contribution >= 4 is 43.2 Å². The average molecular weight is 835 g/mol. The molecule has 0 spiro atoms. The second kappa shape index (κ2) is 38.0. The zero-order valence-electron chi connectivity index (χ0n) is 32.9. The zero-order chi connectivity index (χ0) is 35.3. The fourth-order valence-corrected chi connectivity index (χ4v) is 9.81. The molecule has 1 aromatic heterocycles. The molecule has 0 aliphatic rings. The fourth-order valence-electron chi connectivity index (χ4n) is 6.95. The monoisotopic (exact) mass is 832 g/mol. The van der Waals surface area contributed by atoms with Gasteiger partial charge < -0.3 is 9.47 Å². The highest BCUT2D eigenvalue weighted by atomic mass is 79.9. The zero-order valence-corrected chi connectivity index (χ0v) is 36.8. The summed E-state index contributed by atoms with van der Waals surface area (Å²) in [6.45, 7) is 6.15. The van der Waals surface area contributed by atoms with E-state index in [1.54, 1.807) is 11.3 Å². The number of rotatable bonds is 40. The lowest BCUT2D eigenvalue weighted by atomic mass is 10.0. The van der Waals surface area contributed by atoms with Gasteiger partial charge in [-0.25, -0.2) is 0 Å². The molecule has 0 aromatic carbocycles. The molecule has 1 heterocycles. The minimum absolute atomic E-state index is 0.774. The van der Waals surface area contributed by atoms with E-state index in [-0.39, 0.29) is 0 Å². The highest BCUT2D eigenvalue weighted by Gasteiger charge is 2.18. The van der Waals surface area contributed by atoms with Gasteiger partial charge >= 0.3 is 0 Å². The third kappa shape index (κ3) is 30.4. The molecular weight excluding hydrogens is 752 g/mol. The van der Waals surface area contributed by atoms with Gasteiger partial charge in [0.2, 0.25) is 0 Å². The van der Waals surface area contributed by atoms with E-state index in [1.807, 2.05) is 0 Å². The molecular formula is C44H82Br2O2S. The van der Waals surface area contributed by atoms with Gasteiger partial charge in [0.15, 0.2) is 11.5 Å². The Morgan fingerprint density at radius 3 is 0.694 bits per heavy atom. The molecule has 0 unspecified atom stereocenters. The minimum atomic E-state index is 0.774. The summed E-state index contributed by atoms with van der Waals surface area (Å²) in [6.07, 6.45) is 50.5. The van der Waals surface area contributed by atoms with E-state index < -0.39 is 0 Å². The van der Waals surface area contributed by atoms with Gasteiger partial charge in [-0.05, 0) is 44.7 Å². The van der Waals surface area contributed by atoms with Crippen molar-refractivity contribution in [1.82, 2.24) is 0 Å². The second-order valence-electron chi connectivity index (χ2n) is 15.0. The minimum Gasteiger partial charge on any atom is -0.488 e. The van der Waals surface area contributed by atoms with Crippen LogP contribution in [0.1, 0.15) is 245 Å². The molecule has 0 saturated heterocycles. The topological polar surface area (TPSA) is 18.5 Å². The molecule has 0 aliphatic heterocycles. The predicted octanol–water partition coefficient (Wildman–Crippen LogP) is 18.1. The maximum atomic E-state index is 6.22. The van der Waals surface area contributed by atoms with Gasteiger partial charge in [0.05, 0.1) is 13.2 Å². The van der Waals surface area contributed by atoms with Crippen LogP contribution in [0.2, 0.25) is 0 Å². The Morgan fingerprint density at radius 1 is 0.306 bits per heavy atom. The Bertz CT molecular complexity index is 736. The van der Waals surface area contributed by atoms with Gasteiger partial charge in [0.25, 0.3) is 0 Å². The lowest BCUT2D eigenvalue weighted by Crippen LogP contribution is -2.02. The third-order valence-electron chi connectivity index (χ3n) is 10.2. The molecule has 0 bridgehead atoms. The first-order valence-corrected chi connectivity index (χ1v) is 24.3. The molecule has 0 aliphatic carbocycles. The smallest absolute Gasteiger partial charge is 0.187 e. The van der Waals surface area contributed by atoms with Gasteiger partial charge in [-0.1, -0.05) is 232 Å². The molecule has 1 rings (SSSR count). The molecule has 0 saturated carbocycles. The largest absolute Gasteiger partial charge is 0.488 e. The summed E-state index contributed by atoms with van der Waals surface area (Å²) in [4.78, 5) is 0. The molecule has 1 aromatic rings. The van der Waals surface area contributed by atoms with Crippen molar-refractivity contribution in [3.05, 3.63) is 7.57 Å². The first-order valence-electron chi connectivity index (χ1n) is 21.9. The van der Waals surface area contributed by atoms with Crippen LogP contribution in [-0.2, 0) is 0 Å². The standard InChI is InChI=1S/C44H82Br2O2S/c1-3-5-7-9-11-13-15-17-19-21-23-25-27-29-31-33-35-37-39-47-41-42(44(46)49-43(41)45)48-40-38-36-34-32-30-28-26-24-22-20-18-16-14-12-10-8-6-4-2/h3-40H2,1-2H3. The number of hydrogen-bond donors (Lipinski definition) is 0. The molecule has 0 amide bonds. The van der Waals surface area contributed by atoms with E-state index in [9.17, 15) is 0 Å². The lowest BCUT2D eigenvalue weighted by molar-refractivity contribution is 0.258. The van der Waals surface area contributed by atoms with E-state index in [1.165, 1.54) is 218 Å². The molecule has 49 heavy (non-hydrogen) atoms. The lowest BCUT2D eigenvalue weighted by Gasteiger charge is -2.10. The van der Waals surface area contributed by atoms with Crippen LogP contribution in [0.3, 0.4) is 0 Å². The van der Waals surface area contributed by atoms with Crippen molar-refractivity contribution in [2.45, 2.75) is 245 Å². The number of halogens is 2. The van der Waals surface area contributed by atoms with Gasteiger partial charge in [-0.3, -0.25) is 0 Å². The summed E-state index contributed by atoms with van der Waals surface area (Å²) in [7, 11) is 0. The summed E-state index contributed by atoms with van der Waals surface area (Å²) in [6, 6.07) is 0. The first-order chi connectivity index (χ1) is 24.2. The highest BCUT2D eigenvalue weighted by Crippen LogP contribution is 2.49. The van der Waals surface area contributed by atoms with Crippen LogP contribution in [0.25, 0.3) is 0 Å². The van der Waals surface area contributed by atoms with E-state index >= 15 is 0 Å². The quantitative estimate of drug-likeness (QED) is 0.0613. The van der Waals surface area contributed by atoms with Gasteiger partial charge in [-0.15, -0.1) is 11.3 Å². The molecule has 0 atom stereocenters.